The molecule has 0 amide bonds. The summed E-state index contributed by atoms with van der Waals surface area (Å²) in [6, 6.07) is 8.19. The van der Waals surface area contributed by atoms with Crippen molar-refractivity contribution in [3.05, 3.63) is 60.2 Å². The molecule has 4 nitrogen and oxygen atoms in total. The summed E-state index contributed by atoms with van der Waals surface area (Å²) in [6.07, 6.45) is 4.47. The number of aromatic nitrogens is 3. The fraction of sp³-hybridized carbons (Fsp3) is 0.389. The number of nitrogens with zero attached hydrogens (tertiary/aromatic N) is 2. The van der Waals surface area contributed by atoms with Crippen LogP contribution in [0.2, 0.25) is 0 Å². The van der Waals surface area contributed by atoms with Gasteiger partial charge in [0.2, 0.25) is 0 Å². The number of Topliss-reactive ketones (excluding diaryl/α,β-unsaturated/α-hetero) is 1. The maximum Gasteiger partial charge on any atom is 0.149 e. The minimum atomic E-state index is -0.480. The van der Waals surface area contributed by atoms with Crippen molar-refractivity contribution in [1.29, 1.82) is 0 Å². The van der Waals surface area contributed by atoms with Crippen molar-refractivity contribution in [3.8, 4) is 0 Å². The molecule has 0 bridgehead atoms. The number of ketones is 1. The van der Waals surface area contributed by atoms with Crippen molar-refractivity contribution in [3.63, 3.8) is 0 Å². The van der Waals surface area contributed by atoms with E-state index in [9.17, 15) is 4.79 Å². The fourth-order valence-corrected chi connectivity index (χ4v) is 2.74. The largest absolute Gasteiger partial charge is 0.298 e. The van der Waals surface area contributed by atoms with Gasteiger partial charge in [0, 0.05) is 5.41 Å². The molecule has 116 valence electrons. The SMILES string of the molecule is C=CCC(C(=O)C(C)(C)Cc1ccccc1C)c1ncn[nH]1. The smallest absolute Gasteiger partial charge is 0.149 e. The zero-order valence-electron chi connectivity index (χ0n) is 13.5. The zero-order valence-corrected chi connectivity index (χ0v) is 13.5. The number of aromatic amines is 1. The summed E-state index contributed by atoms with van der Waals surface area (Å²) < 4.78 is 0. The van der Waals surface area contributed by atoms with Gasteiger partial charge in [-0.05, 0) is 30.9 Å². The summed E-state index contributed by atoms with van der Waals surface area (Å²) in [4.78, 5) is 17.2. The Morgan fingerprint density at radius 2 is 2.14 bits per heavy atom. The van der Waals surface area contributed by atoms with Gasteiger partial charge >= 0.3 is 0 Å². The average Bonchev–Trinajstić information content (AvgIpc) is 3.00. The molecule has 1 heterocycles. The second-order valence-electron chi connectivity index (χ2n) is 6.30. The van der Waals surface area contributed by atoms with Gasteiger partial charge in [0.25, 0.3) is 0 Å². The van der Waals surface area contributed by atoms with Crippen LogP contribution in [0, 0.1) is 12.3 Å². The van der Waals surface area contributed by atoms with Crippen molar-refractivity contribution in [2.24, 2.45) is 5.41 Å². The molecule has 0 saturated heterocycles. The lowest BCUT2D eigenvalue weighted by Crippen LogP contribution is -2.32. The number of aryl methyl sites for hydroxylation is 1. The topological polar surface area (TPSA) is 58.6 Å². The van der Waals surface area contributed by atoms with Crippen molar-refractivity contribution in [1.82, 2.24) is 15.2 Å². The normalized spacial score (nSPS) is 12.9. The molecule has 1 N–H and O–H groups in total. The highest BCUT2D eigenvalue weighted by Crippen LogP contribution is 2.32. The van der Waals surface area contributed by atoms with Crippen LogP contribution >= 0.6 is 0 Å². The first kappa shape index (κ1) is 16.1. The number of allylic oxidation sites excluding steroid dienone is 1. The van der Waals surface area contributed by atoms with Crippen LogP contribution in [0.4, 0.5) is 0 Å². The second kappa shape index (κ2) is 6.69. The summed E-state index contributed by atoms with van der Waals surface area (Å²) in [7, 11) is 0. The van der Waals surface area contributed by atoms with E-state index in [0.717, 1.165) is 0 Å². The monoisotopic (exact) mass is 297 g/mol. The van der Waals surface area contributed by atoms with Gasteiger partial charge in [-0.15, -0.1) is 6.58 Å². The van der Waals surface area contributed by atoms with E-state index in [4.69, 9.17) is 0 Å². The molecule has 0 aliphatic heterocycles. The van der Waals surface area contributed by atoms with Gasteiger partial charge < -0.3 is 0 Å². The van der Waals surface area contributed by atoms with Crippen LogP contribution < -0.4 is 0 Å². The standard InChI is InChI=1S/C18H23N3O/c1-5-8-15(17-19-12-20-21-17)16(22)18(3,4)11-14-10-7-6-9-13(14)2/h5-7,9-10,12,15H,1,8,11H2,2-4H3,(H,19,20,21). The average molecular weight is 297 g/mol. The number of H-pyrrole nitrogens is 1. The highest BCUT2D eigenvalue weighted by atomic mass is 16.1. The summed E-state index contributed by atoms with van der Waals surface area (Å²) >= 11 is 0. The minimum Gasteiger partial charge on any atom is -0.298 e. The highest BCUT2D eigenvalue weighted by molar-refractivity contribution is 5.90. The first-order valence-electron chi connectivity index (χ1n) is 7.50. The molecule has 1 atom stereocenters. The van der Waals surface area contributed by atoms with E-state index in [1.54, 1.807) is 6.08 Å². The Bertz CT molecular complexity index is 644. The first-order valence-corrected chi connectivity index (χ1v) is 7.50. The number of benzene rings is 1. The molecule has 4 heteroatoms. The minimum absolute atomic E-state index is 0.160. The highest BCUT2D eigenvalue weighted by Gasteiger charge is 2.35. The fourth-order valence-electron chi connectivity index (χ4n) is 2.74. The Morgan fingerprint density at radius 3 is 2.73 bits per heavy atom. The maximum atomic E-state index is 13.0. The molecule has 0 aliphatic rings. The molecule has 0 saturated carbocycles. The number of carbonyl (C=O) groups is 1. The van der Waals surface area contributed by atoms with Crippen LogP contribution in [0.3, 0.4) is 0 Å². The molecule has 0 aliphatic carbocycles. The number of nitrogens with one attached hydrogen (secondary N) is 1. The van der Waals surface area contributed by atoms with Gasteiger partial charge in [-0.3, -0.25) is 9.89 Å². The summed E-state index contributed by atoms with van der Waals surface area (Å²) in [5, 5.41) is 6.69. The van der Waals surface area contributed by atoms with E-state index in [0.29, 0.717) is 18.7 Å². The summed E-state index contributed by atoms with van der Waals surface area (Å²) in [5.74, 6) is 0.453. The lowest BCUT2D eigenvalue weighted by molar-refractivity contribution is -0.128. The van der Waals surface area contributed by atoms with Gasteiger partial charge in [-0.1, -0.05) is 44.2 Å². The second-order valence-corrected chi connectivity index (χ2v) is 6.30. The van der Waals surface area contributed by atoms with Crippen molar-refractivity contribution >= 4 is 5.78 Å². The Labute approximate surface area is 131 Å². The Hall–Kier alpha value is -2.23. The molecule has 0 spiro atoms. The van der Waals surface area contributed by atoms with Gasteiger partial charge in [-0.25, -0.2) is 4.98 Å². The molecular formula is C18H23N3O. The predicted octanol–water partition coefficient (Wildman–Crippen LogP) is 3.61. The number of rotatable bonds is 7. The Morgan fingerprint density at radius 1 is 1.41 bits per heavy atom. The quantitative estimate of drug-likeness (QED) is 0.794. The van der Waals surface area contributed by atoms with Crippen molar-refractivity contribution in [2.75, 3.05) is 0 Å². The Kier molecular flexibility index (Phi) is 4.91. The number of hydrogen-bond acceptors (Lipinski definition) is 3. The van der Waals surface area contributed by atoms with Crippen molar-refractivity contribution < 1.29 is 4.79 Å². The molecule has 2 aromatic rings. The molecule has 2 rings (SSSR count). The maximum absolute atomic E-state index is 13.0. The molecule has 1 unspecified atom stereocenters. The molecular weight excluding hydrogens is 274 g/mol. The predicted molar refractivity (Wildman–Crippen MR) is 87.6 cm³/mol. The van der Waals surface area contributed by atoms with Crippen molar-refractivity contribution in [2.45, 2.75) is 39.5 Å². The van der Waals surface area contributed by atoms with Gasteiger partial charge in [-0.2, -0.15) is 5.10 Å². The third-order valence-corrected chi connectivity index (χ3v) is 4.04. The van der Waals surface area contributed by atoms with Gasteiger partial charge in [0.05, 0.1) is 5.92 Å². The summed E-state index contributed by atoms with van der Waals surface area (Å²) in [5.41, 5.74) is 1.94. The Balaban J connectivity index is 2.24. The lowest BCUT2D eigenvalue weighted by Gasteiger charge is -2.27. The van der Waals surface area contributed by atoms with E-state index in [1.165, 1.54) is 17.5 Å². The zero-order chi connectivity index (χ0) is 16.2. The third-order valence-electron chi connectivity index (χ3n) is 4.04. The molecule has 0 fully saturated rings. The van der Waals surface area contributed by atoms with E-state index in [1.807, 2.05) is 26.0 Å². The molecule has 1 aromatic heterocycles. The van der Waals surface area contributed by atoms with Crippen LogP contribution in [0.1, 0.15) is 43.1 Å². The number of carbonyl (C=O) groups excluding carboxylic acids is 1. The van der Waals surface area contributed by atoms with Gasteiger partial charge in [0.15, 0.2) is 0 Å². The summed E-state index contributed by atoms with van der Waals surface area (Å²) in [6.45, 7) is 9.82. The number of hydrogen-bond donors (Lipinski definition) is 1. The van der Waals surface area contributed by atoms with E-state index in [-0.39, 0.29) is 11.7 Å². The first-order chi connectivity index (χ1) is 10.5. The van der Waals surface area contributed by atoms with E-state index >= 15 is 0 Å². The van der Waals surface area contributed by atoms with E-state index < -0.39 is 5.41 Å². The van der Waals surface area contributed by atoms with Crippen LogP contribution in [0.5, 0.6) is 0 Å². The molecule has 0 radical (unpaired) electrons. The van der Waals surface area contributed by atoms with Crippen LogP contribution in [-0.2, 0) is 11.2 Å². The van der Waals surface area contributed by atoms with Crippen LogP contribution in [0.15, 0.2) is 43.2 Å². The lowest BCUT2D eigenvalue weighted by atomic mass is 9.75. The van der Waals surface area contributed by atoms with E-state index in [2.05, 4.69) is 40.8 Å². The van der Waals surface area contributed by atoms with Crippen LogP contribution in [-0.4, -0.2) is 21.0 Å². The third kappa shape index (κ3) is 3.50. The molecule has 22 heavy (non-hydrogen) atoms. The molecule has 1 aromatic carbocycles. The van der Waals surface area contributed by atoms with Gasteiger partial charge in [0.1, 0.15) is 17.9 Å². The van der Waals surface area contributed by atoms with Crippen LogP contribution in [0.25, 0.3) is 0 Å².